The Labute approximate surface area is 267 Å². The van der Waals surface area contributed by atoms with Crippen LogP contribution in [0.1, 0.15) is 0 Å². The molecule has 9 heteroatoms. The number of benzene rings is 6. The highest BCUT2D eigenvalue weighted by Gasteiger charge is 2.16. The maximum absolute atomic E-state index is 6.54. The van der Waals surface area contributed by atoms with Crippen molar-refractivity contribution in [1.29, 1.82) is 0 Å². The van der Waals surface area contributed by atoms with Gasteiger partial charge in [0.15, 0.2) is 11.6 Å². The van der Waals surface area contributed by atoms with Gasteiger partial charge in [-0.2, -0.15) is 9.97 Å². The quantitative estimate of drug-likeness (QED) is 0.290. The van der Waals surface area contributed by atoms with Gasteiger partial charge in [0.25, 0.3) is 0 Å². The summed E-state index contributed by atoms with van der Waals surface area (Å²) in [6, 6.07) is 36.1. The third kappa shape index (κ3) is 4.84. The van der Waals surface area contributed by atoms with E-state index in [4.69, 9.17) is 16.6 Å². The normalized spacial score (nSPS) is 11.3. The van der Waals surface area contributed by atoms with E-state index in [2.05, 4.69) is 140 Å². The van der Waals surface area contributed by atoms with Crippen molar-refractivity contribution in [3.63, 3.8) is 0 Å². The number of fused-ring (bicyclic) bond motifs is 2. The Kier molecular flexibility index (Phi) is 7.18. The maximum Gasteiger partial charge on any atom is 0.226 e. The standard InChI is InChI=1S/C35H27B5ClN3/c36-28-27(29(37)31(39)32(40)30(28)38)21-14-12-20-17-22(15-13-19(20)16-21)33-42-34(44-35(41)43-33)26-11-5-9-24-23(8-4-10-25(24)26)18-6-2-1-3-7-18/h1-17H,36-40H2. The van der Waals surface area contributed by atoms with Crippen molar-refractivity contribution in [2.75, 3.05) is 0 Å². The van der Waals surface area contributed by atoms with Crippen LogP contribution in [-0.2, 0) is 0 Å². The van der Waals surface area contributed by atoms with Crippen molar-refractivity contribution < 1.29 is 0 Å². The molecule has 6 aromatic carbocycles. The van der Waals surface area contributed by atoms with E-state index >= 15 is 0 Å². The highest BCUT2D eigenvalue weighted by atomic mass is 35.5. The lowest BCUT2D eigenvalue weighted by Gasteiger charge is -2.20. The lowest BCUT2D eigenvalue weighted by atomic mass is 9.59. The molecule has 7 rings (SSSR count). The van der Waals surface area contributed by atoms with Crippen LogP contribution >= 0.6 is 11.6 Å². The van der Waals surface area contributed by atoms with Crippen LogP contribution < -0.4 is 27.3 Å². The fourth-order valence-electron chi connectivity index (χ4n) is 6.45. The summed E-state index contributed by atoms with van der Waals surface area (Å²) < 4.78 is 0. The number of nitrogens with zero attached hydrogens (tertiary/aromatic N) is 3. The third-order valence-electron chi connectivity index (χ3n) is 9.24. The summed E-state index contributed by atoms with van der Waals surface area (Å²) in [7, 11) is 11.1. The molecule has 7 aromatic rings. The molecule has 0 saturated carbocycles. The van der Waals surface area contributed by atoms with Gasteiger partial charge in [0, 0.05) is 11.1 Å². The van der Waals surface area contributed by atoms with E-state index in [1.807, 2.05) is 12.1 Å². The predicted molar refractivity (Wildman–Crippen MR) is 202 cm³/mol. The van der Waals surface area contributed by atoms with Crippen LogP contribution in [0, 0.1) is 0 Å². The fraction of sp³-hybridized carbons (Fsp3) is 0. The maximum atomic E-state index is 6.54. The Morgan fingerprint density at radius 2 is 0.977 bits per heavy atom. The molecule has 0 aliphatic carbocycles. The molecule has 0 atom stereocenters. The van der Waals surface area contributed by atoms with Crippen LogP contribution in [0.5, 0.6) is 0 Å². The molecule has 204 valence electrons. The van der Waals surface area contributed by atoms with E-state index in [1.165, 1.54) is 55.0 Å². The molecule has 0 N–H and O–H groups in total. The van der Waals surface area contributed by atoms with Crippen molar-refractivity contribution >= 4 is 99.7 Å². The molecule has 0 bridgehead atoms. The van der Waals surface area contributed by atoms with Crippen molar-refractivity contribution in [3.8, 4) is 45.0 Å². The number of aromatic nitrogens is 3. The zero-order chi connectivity index (χ0) is 30.5. The van der Waals surface area contributed by atoms with E-state index in [9.17, 15) is 0 Å². The lowest BCUT2D eigenvalue weighted by molar-refractivity contribution is 1.07. The molecule has 0 aliphatic rings. The monoisotopic (exact) mass is 579 g/mol. The van der Waals surface area contributed by atoms with Crippen molar-refractivity contribution in [2.24, 2.45) is 0 Å². The minimum Gasteiger partial charge on any atom is -0.208 e. The molecule has 0 aliphatic heterocycles. The average molecular weight is 579 g/mol. The molecule has 0 fully saturated rings. The second kappa shape index (κ2) is 11.2. The van der Waals surface area contributed by atoms with Gasteiger partial charge in [-0.1, -0.05) is 102 Å². The van der Waals surface area contributed by atoms with Gasteiger partial charge in [0.2, 0.25) is 5.28 Å². The minimum atomic E-state index is 0.174. The van der Waals surface area contributed by atoms with Crippen LogP contribution in [0.15, 0.2) is 103 Å². The highest BCUT2D eigenvalue weighted by molar-refractivity contribution is 6.68. The smallest absolute Gasteiger partial charge is 0.208 e. The van der Waals surface area contributed by atoms with Crippen LogP contribution in [0.25, 0.3) is 66.6 Å². The van der Waals surface area contributed by atoms with Gasteiger partial charge in [-0.15, -0.1) is 16.4 Å². The second-order valence-corrected chi connectivity index (χ2v) is 11.9. The Hall–Kier alpha value is -4.54. The zero-order valence-corrected chi connectivity index (χ0v) is 26.3. The number of hydrogen-bond donors (Lipinski definition) is 0. The molecule has 1 aromatic heterocycles. The summed E-state index contributed by atoms with van der Waals surface area (Å²) in [5.41, 5.74) is 13.5. The summed E-state index contributed by atoms with van der Waals surface area (Å²) in [6.45, 7) is 0. The Morgan fingerprint density at radius 1 is 0.432 bits per heavy atom. The van der Waals surface area contributed by atoms with Gasteiger partial charge >= 0.3 is 0 Å². The molecule has 0 amide bonds. The molecule has 3 nitrogen and oxygen atoms in total. The average Bonchev–Trinajstić information content (AvgIpc) is 3.06. The third-order valence-corrected chi connectivity index (χ3v) is 9.41. The molecule has 0 unspecified atom stereocenters. The number of hydrogen-bond acceptors (Lipinski definition) is 3. The van der Waals surface area contributed by atoms with Gasteiger partial charge in [0.1, 0.15) is 39.2 Å². The Balaban J connectivity index is 1.31. The van der Waals surface area contributed by atoms with Crippen molar-refractivity contribution in [3.05, 3.63) is 108 Å². The van der Waals surface area contributed by atoms with E-state index in [-0.39, 0.29) is 5.28 Å². The van der Waals surface area contributed by atoms with Gasteiger partial charge in [-0.3, -0.25) is 0 Å². The zero-order valence-electron chi connectivity index (χ0n) is 25.5. The van der Waals surface area contributed by atoms with Crippen LogP contribution in [0.4, 0.5) is 0 Å². The molecular weight excluding hydrogens is 552 g/mol. The van der Waals surface area contributed by atoms with Crippen LogP contribution in [0.3, 0.4) is 0 Å². The molecule has 0 saturated heterocycles. The van der Waals surface area contributed by atoms with Gasteiger partial charge in [-0.05, 0) is 67.5 Å². The second-order valence-electron chi connectivity index (χ2n) is 11.6. The SMILES string of the molecule is Bc1c(B)c(B)c(-c2ccc3cc(-c4nc(Cl)nc(-c5cccc6c(-c7ccccc7)cccc56)n4)ccc3c2)c(B)c1B. The molecule has 0 radical (unpaired) electrons. The Bertz CT molecular complexity index is 2230. The van der Waals surface area contributed by atoms with Gasteiger partial charge in [-0.25, -0.2) is 4.98 Å². The number of halogens is 1. The van der Waals surface area contributed by atoms with E-state index in [0.29, 0.717) is 11.6 Å². The van der Waals surface area contributed by atoms with E-state index in [1.54, 1.807) is 0 Å². The minimum absolute atomic E-state index is 0.174. The van der Waals surface area contributed by atoms with Crippen LogP contribution in [0.2, 0.25) is 5.28 Å². The first-order valence-corrected chi connectivity index (χ1v) is 15.3. The summed E-state index contributed by atoms with van der Waals surface area (Å²) in [6.07, 6.45) is 0. The summed E-state index contributed by atoms with van der Waals surface area (Å²) in [4.78, 5) is 14.1. The fourth-order valence-corrected chi connectivity index (χ4v) is 6.61. The van der Waals surface area contributed by atoms with Crippen molar-refractivity contribution in [1.82, 2.24) is 15.0 Å². The van der Waals surface area contributed by atoms with Crippen LogP contribution in [-0.4, -0.2) is 54.2 Å². The van der Waals surface area contributed by atoms with Gasteiger partial charge < -0.3 is 0 Å². The molecular formula is C35H27B5ClN3. The Morgan fingerprint density at radius 3 is 1.66 bits per heavy atom. The summed E-state index contributed by atoms with van der Waals surface area (Å²) in [5, 5.41) is 4.68. The number of rotatable bonds is 4. The van der Waals surface area contributed by atoms with Crippen molar-refractivity contribution in [2.45, 2.75) is 0 Å². The lowest BCUT2D eigenvalue weighted by Crippen LogP contribution is -2.55. The summed E-state index contributed by atoms with van der Waals surface area (Å²) >= 11 is 6.54. The highest BCUT2D eigenvalue weighted by Crippen LogP contribution is 2.35. The molecule has 0 spiro atoms. The summed E-state index contributed by atoms with van der Waals surface area (Å²) in [5.74, 6) is 1.11. The van der Waals surface area contributed by atoms with E-state index in [0.717, 1.165) is 27.3 Å². The van der Waals surface area contributed by atoms with E-state index < -0.39 is 0 Å². The van der Waals surface area contributed by atoms with Gasteiger partial charge in [0.05, 0.1) is 0 Å². The molecule has 44 heavy (non-hydrogen) atoms. The first-order valence-electron chi connectivity index (χ1n) is 14.9. The first-order chi connectivity index (χ1) is 21.3. The topological polar surface area (TPSA) is 38.7 Å². The molecule has 1 heterocycles. The first kappa shape index (κ1) is 28.2. The largest absolute Gasteiger partial charge is 0.226 e. The predicted octanol–water partition coefficient (Wildman–Crippen LogP) is 0.791.